The summed E-state index contributed by atoms with van der Waals surface area (Å²) in [5, 5.41) is 2.16. The molecule has 0 heterocycles. The summed E-state index contributed by atoms with van der Waals surface area (Å²) < 4.78 is 45.8. The van der Waals surface area contributed by atoms with Crippen LogP contribution in [0, 0.1) is 17.5 Å². The molecule has 0 aliphatic heterocycles. The molecule has 0 N–H and O–H groups in total. The van der Waals surface area contributed by atoms with E-state index in [1.54, 1.807) is 0 Å². The molecule has 4 heteroatoms. The van der Waals surface area contributed by atoms with E-state index >= 15 is 0 Å². The first-order valence-electron chi connectivity index (χ1n) is 10.2. The molecule has 0 bridgehead atoms. The average Bonchev–Trinajstić information content (AvgIpc) is 2.83. The molecule has 0 atom stereocenters. The van der Waals surface area contributed by atoms with Crippen molar-refractivity contribution in [2.24, 2.45) is 0 Å². The van der Waals surface area contributed by atoms with Gasteiger partial charge in [-0.05, 0) is 0 Å². The van der Waals surface area contributed by atoms with E-state index in [-0.39, 0.29) is 17.5 Å². The molecule has 0 saturated carbocycles. The van der Waals surface area contributed by atoms with Crippen LogP contribution in [0.3, 0.4) is 0 Å². The summed E-state index contributed by atoms with van der Waals surface area (Å²) in [5.74, 6) is -0.970. The first kappa shape index (κ1) is 20.6. The first-order valence-corrected chi connectivity index (χ1v) is 13.6. The van der Waals surface area contributed by atoms with E-state index in [2.05, 4.69) is 24.3 Å². The van der Waals surface area contributed by atoms with Crippen LogP contribution in [0.4, 0.5) is 13.2 Å². The second-order valence-electron chi connectivity index (χ2n) is 7.45. The SMILES string of the molecule is Fc1ccc([Se](c2ccc(F)cc2)(c2ccc(F)cc2)c2cccc3ccccc23)cc1. The number of rotatable bonds is 4. The van der Waals surface area contributed by atoms with Crippen LogP contribution in [0.15, 0.2) is 115 Å². The predicted octanol–water partition coefficient (Wildman–Crippen LogP) is 4.63. The molecule has 0 aromatic heterocycles. The number of hydrogen-bond donors (Lipinski definition) is 0. The minimum atomic E-state index is -3.30. The van der Waals surface area contributed by atoms with Crippen molar-refractivity contribution < 1.29 is 13.2 Å². The summed E-state index contributed by atoms with van der Waals surface area (Å²) in [6.07, 6.45) is 0. The van der Waals surface area contributed by atoms with Crippen molar-refractivity contribution in [2.45, 2.75) is 0 Å². The fourth-order valence-corrected chi connectivity index (χ4v) is 12.6. The van der Waals surface area contributed by atoms with Gasteiger partial charge in [-0.15, -0.1) is 0 Å². The number of fused-ring (bicyclic) bond motifs is 1. The zero-order valence-electron chi connectivity index (χ0n) is 17.0. The summed E-state index contributed by atoms with van der Waals surface area (Å²) in [5.41, 5.74) is 0. The quantitative estimate of drug-likeness (QED) is 0.322. The van der Waals surface area contributed by atoms with Gasteiger partial charge in [-0.2, -0.15) is 0 Å². The molecule has 0 amide bonds. The molecule has 0 aliphatic rings. The second kappa shape index (κ2) is 8.31. The first-order chi connectivity index (χ1) is 15.6. The minimum absolute atomic E-state index is 0.323. The van der Waals surface area contributed by atoms with Crippen molar-refractivity contribution in [3.63, 3.8) is 0 Å². The van der Waals surface area contributed by atoms with Crippen LogP contribution in [-0.4, -0.2) is 12.8 Å². The van der Waals surface area contributed by atoms with Gasteiger partial charge in [-0.25, -0.2) is 0 Å². The predicted molar refractivity (Wildman–Crippen MR) is 127 cm³/mol. The Kier molecular flexibility index (Phi) is 5.34. The summed E-state index contributed by atoms with van der Waals surface area (Å²) in [7, 11) is 0. The van der Waals surface area contributed by atoms with Crippen molar-refractivity contribution in [3.8, 4) is 0 Å². The average molecular weight is 491 g/mol. The van der Waals surface area contributed by atoms with Crippen LogP contribution in [0.1, 0.15) is 0 Å². The van der Waals surface area contributed by atoms with E-state index in [9.17, 15) is 13.2 Å². The van der Waals surface area contributed by atoms with Crippen LogP contribution in [-0.2, 0) is 0 Å². The van der Waals surface area contributed by atoms with Crippen molar-refractivity contribution in [1.82, 2.24) is 0 Å². The fourth-order valence-electron chi connectivity index (χ4n) is 4.17. The van der Waals surface area contributed by atoms with Gasteiger partial charge < -0.3 is 0 Å². The molecule has 5 aromatic rings. The Labute approximate surface area is 187 Å². The zero-order valence-corrected chi connectivity index (χ0v) is 18.7. The molecule has 0 aliphatic carbocycles. The summed E-state index contributed by atoms with van der Waals surface area (Å²) in [4.78, 5) is 0. The van der Waals surface area contributed by atoms with Crippen LogP contribution >= 0.6 is 0 Å². The van der Waals surface area contributed by atoms with E-state index in [0.717, 1.165) is 28.6 Å². The summed E-state index contributed by atoms with van der Waals surface area (Å²) >= 11 is -3.30. The molecule has 32 heavy (non-hydrogen) atoms. The van der Waals surface area contributed by atoms with Gasteiger partial charge in [0.05, 0.1) is 0 Å². The Morgan fingerprint density at radius 3 is 1.28 bits per heavy atom. The molecule has 0 spiro atoms. The van der Waals surface area contributed by atoms with Gasteiger partial charge in [-0.1, -0.05) is 0 Å². The standard InChI is InChI=1S/C28H19F3Se/c29-21-8-14-24(15-9-21)32(25-16-10-22(30)11-17-25,26-18-12-23(31)13-19-26)28-7-3-5-20-4-1-2-6-27(20)28/h1-19H. The normalized spacial score (nSPS) is 12.1. The zero-order chi connectivity index (χ0) is 22.1. The third kappa shape index (κ3) is 3.42. The fraction of sp³-hybridized carbons (Fsp3) is 0. The van der Waals surface area contributed by atoms with E-state index in [0.29, 0.717) is 0 Å². The molecule has 0 radical (unpaired) electrons. The van der Waals surface area contributed by atoms with Crippen LogP contribution in [0.5, 0.6) is 0 Å². The van der Waals surface area contributed by atoms with Crippen LogP contribution < -0.4 is 17.8 Å². The molecule has 0 saturated heterocycles. The van der Waals surface area contributed by atoms with Crippen LogP contribution in [0.2, 0.25) is 0 Å². The Morgan fingerprint density at radius 2 is 0.812 bits per heavy atom. The number of halogens is 3. The van der Waals surface area contributed by atoms with Crippen molar-refractivity contribution in [1.29, 1.82) is 0 Å². The van der Waals surface area contributed by atoms with E-state index in [4.69, 9.17) is 0 Å². The third-order valence-electron chi connectivity index (χ3n) is 5.58. The van der Waals surface area contributed by atoms with Gasteiger partial charge in [0, 0.05) is 0 Å². The van der Waals surface area contributed by atoms with Crippen LogP contribution in [0.25, 0.3) is 10.8 Å². The van der Waals surface area contributed by atoms with E-state index in [1.807, 2.05) is 54.6 Å². The summed E-state index contributed by atoms with van der Waals surface area (Å²) in [6, 6.07) is 33.9. The molecule has 0 fully saturated rings. The summed E-state index contributed by atoms with van der Waals surface area (Å²) in [6.45, 7) is 0. The van der Waals surface area contributed by atoms with Gasteiger partial charge in [0.25, 0.3) is 0 Å². The van der Waals surface area contributed by atoms with Gasteiger partial charge in [0.1, 0.15) is 0 Å². The Hall–Kier alpha value is -3.33. The Bertz CT molecular complexity index is 1260. The van der Waals surface area contributed by atoms with Crippen molar-refractivity contribution in [2.75, 3.05) is 0 Å². The van der Waals surface area contributed by atoms with Gasteiger partial charge in [-0.3, -0.25) is 0 Å². The molecule has 158 valence electrons. The number of hydrogen-bond acceptors (Lipinski definition) is 0. The number of benzene rings is 5. The van der Waals surface area contributed by atoms with Gasteiger partial charge in [0.15, 0.2) is 0 Å². The molecular formula is C28H19F3Se. The molecular weight excluding hydrogens is 472 g/mol. The van der Waals surface area contributed by atoms with Crippen molar-refractivity contribution >= 4 is 41.5 Å². The topological polar surface area (TPSA) is 0 Å². The van der Waals surface area contributed by atoms with Crippen molar-refractivity contribution in [3.05, 3.63) is 133 Å². The third-order valence-corrected chi connectivity index (χ3v) is 13.9. The molecule has 0 nitrogen and oxygen atoms in total. The molecule has 5 rings (SSSR count). The monoisotopic (exact) mass is 492 g/mol. The van der Waals surface area contributed by atoms with E-state index < -0.39 is 12.8 Å². The maximum absolute atomic E-state index is 14.0. The van der Waals surface area contributed by atoms with Gasteiger partial charge >= 0.3 is 187 Å². The maximum atomic E-state index is 14.0. The second-order valence-corrected chi connectivity index (χ2v) is 13.9. The Morgan fingerprint density at radius 1 is 0.406 bits per heavy atom. The molecule has 0 unspecified atom stereocenters. The van der Waals surface area contributed by atoms with Gasteiger partial charge in [0.2, 0.25) is 0 Å². The Balaban J connectivity index is 1.97. The molecule has 5 aromatic carbocycles. The van der Waals surface area contributed by atoms with E-state index in [1.165, 1.54) is 36.4 Å².